The molecule has 0 bridgehead atoms. The smallest absolute Gasteiger partial charge is 0.338 e. The fourth-order valence-corrected chi connectivity index (χ4v) is 3.13. The third-order valence-electron chi connectivity index (χ3n) is 4.12. The Kier molecular flexibility index (Phi) is 5.28. The number of carbonyl (C=O) groups is 1. The summed E-state index contributed by atoms with van der Waals surface area (Å²) in [6.07, 6.45) is -0.0645. The molecule has 1 aromatic carbocycles. The van der Waals surface area contributed by atoms with E-state index in [-0.39, 0.29) is 35.9 Å². The van der Waals surface area contributed by atoms with E-state index >= 15 is 0 Å². The Labute approximate surface area is 160 Å². The molecule has 0 fully saturated rings. The van der Waals surface area contributed by atoms with E-state index in [0.717, 1.165) is 0 Å². The molecular weight excluding hydrogens is 370 g/mol. The Morgan fingerprint density at radius 3 is 2.74 bits per heavy atom. The maximum Gasteiger partial charge on any atom is 0.338 e. The van der Waals surface area contributed by atoms with Crippen molar-refractivity contribution in [1.29, 1.82) is 5.26 Å². The van der Waals surface area contributed by atoms with E-state index in [1.807, 2.05) is 6.07 Å². The molecular formula is C19H16ClN3O4. The third-order valence-corrected chi connectivity index (χ3v) is 4.37. The molecule has 0 amide bonds. The largest absolute Gasteiger partial charge is 0.463 e. The van der Waals surface area contributed by atoms with Gasteiger partial charge in [-0.2, -0.15) is 10.2 Å². The molecule has 0 aliphatic carbocycles. The molecule has 138 valence electrons. The van der Waals surface area contributed by atoms with Crippen LogP contribution in [0.1, 0.15) is 36.7 Å². The van der Waals surface area contributed by atoms with Crippen molar-refractivity contribution >= 4 is 17.6 Å². The number of nitrogens with zero attached hydrogens (tertiary/aromatic N) is 2. The number of carbonyl (C=O) groups excluding carboxylic acids is 1. The van der Waals surface area contributed by atoms with E-state index in [0.29, 0.717) is 16.3 Å². The number of esters is 1. The Morgan fingerprint density at radius 2 is 2.11 bits per heavy atom. The number of aromatic nitrogens is 2. The fourth-order valence-electron chi connectivity index (χ4n) is 3.00. The summed E-state index contributed by atoms with van der Waals surface area (Å²) in [6, 6.07) is 8.75. The average Bonchev–Trinajstić information content (AvgIpc) is 2.61. The first kappa shape index (κ1) is 18.7. The number of hydrogen-bond donors (Lipinski definition) is 1. The Balaban J connectivity index is 2.24. The summed E-state index contributed by atoms with van der Waals surface area (Å²) < 4.78 is 10.8. The first-order valence-electron chi connectivity index (χ1n) is 8.27. The lowest BCUT2D eigenvalue weighted by Gasteiger charge is -2.27. The molecule has 0 saturated heterocycles. The van der Waals surface area contributed by atoms with Gasteiger partial charge in [0.2, 0.25) is 5.88 Å². The lowest BCUT2D eigenvalue weighted by Crippen LogP contribution is -2.30. The second-order valence-electron chi connectivity index (χ2n) is 5.84. The summed E-state index contributed by atoms with van der Waals surface area (Å²) in [6.45, 7) is 3.50. The van der Waals surface area contributed by atoms with Crippen LogP contribution in [0.4, 0.5) is 0 Å². The standard InChI is InChI=1S/C19H16ClN3O4/c1-3-26-19(25)14-10(2)27-18-16(17(24)22-13(23-18)8-9-21)15(14)11-4-6-12(20)7-5-11/h4-7,15H,3,8H2,1-2H3,(H,22,23,24). The molecule has 1 N–H and O–H groups in total. The summed E-state index contributed by atoms with van der Waals surface area (Å²) in [7, 11) is 0. The second-order valence-corrected chi connectivity index (χ2v) is 6.28. The fraction of sp³-hybridized carbons (Fsp3) is 0.263. The number of nitriles is 1. The predicted octanol–water partition coefficient (Wildman–Crippen LogP) is 2.85. The van der Waals surface area contributed by atoms with Crippen molar-refractivity contribution in [3.05, 3.63) is 67.9 Å². The summed E-state index contributed by atoms with van der Waals surface area (Å²) >= 11 is 5.98. The lowest BCUT2D eigenvalue weighted by molar-refractivity contribution is -0.139. The quantitative estimate of drug-likeness (QED) is 0.811. The minimum atomic E-state index is -0.725. The van der Waals surface area contributed by atoms with Crippen LogP contribution < -0.4 is 10.3 Å². The van der Waals surface area contributed by atoms with Crippen molar-refractivity contribution < 1.29 is 14.3 Å². The van der Waals surface area contributed by atoms with Gasteiger partial charge in [0.25, 0.3) is 5.56 Å². The van der Waals surface area contributed by atoms with Crippen molar-refractivity contribution in [2.24, 2.45) is 0 Å². The van der Waals surface area contributed by atoms with Gasteiger partial charge in [-0.15, -0.1) is 0 Å². The summed E-state index contributed by atoms with van der Waals surface area (Å²) in [4.78, 5) is 32.2. The van der Waals surface area contributed by atoms with E-state index in [1.54, 1.807) is 38.1 Å². The maximum atomic E-state index is 12.8. The van der Waals surface area contributed by atoms with Crippen LogP contribution in [0.15, 0.2) is 40.4 Å². The summed E-state index contributed by atoms with van der Waals surface area (Å²) in [5.41, 5.74) is 0.617. The molecule has 0 saturated carbocycles. The molecule has 7 nitrogen and oxygen atoms in total. The first-order chi connectivity index (χ1) is 13.0. The Hall–Kier alpha value is -3.11. The van der Waals surface area contributed by atoms with E-state index in [1.165, 1.54) is 0 Å². The van der Waals surface area contributed by atoms with Crippen LogP contribution in [0.25, 0.3) is 0 Å². The SMILES string of the molecule is CCOC(=O)C1=C(C)Oc2nc(CC#N)[nH]c(=O)c2C1c1ccc(Cl)cc1. The molecule has 1 aliphatic heterocycles. The van der Waals surface area contributed by atoms with Crippen molar-refractivity contribution in [2.75, 3.05) is 6.61 Å². The zero-order valence-electron chi connectivity index (χ0n) is 14.7. The molecule has 0 spiro atoms. The molecule has 1 aromatic heterocycles. The number of benzene rings is 1. The highest BCUT2D eigenvalue weighted by atomic mass is 35.5. The number of rotatable bonds is 4. The zero-order valence-corrected chi connectivity index (χ0v) is 15.5. The highest BCUT2D eigenvalue weighted by Crippen LogP contribution is 2.41. The van der Waals surface area contributed by atoms with Crippen LogP contribution in [0.5, 0.6) is 5.88 Å². The van der Waals surface area contributed by atoms with Crippen molar-refractivity contribution in [1.82, 2.24) is 9.97 Å². The molecule has 3 rings (SSSR count). The first-order valence-corrected chi connectivity index (χ1v) is 8.65. The van der Waals surface area contributed by atoms with Gasteiger partial charge in [0, 0.05) is 5.02 Å². The normalized spacial score (nSPS) is 15.6. The molecule has 2 aromatic rings. The van der Waals surface area contributed by atoms with Gasteiger partial charge in [-0.1, -0.05) is 23.7 Å². The number of aromatic amines is 1. The van der Waals surface area contributed by atoms with Crippen LogP contribution in [0.3, 0.4) is 0 Å². The van der Waals surface area contributed by atoms with Gasteiger partial charge in [0.05, 0.1) is 36.2 Å². The lowest BCUT2D eigenvalue weighted by atomic mass is 9.83. The second kappa shape index (κ2) is 7.64. The molecule has 8 heteroatoms. The molecule has 2 heterocycles. The minimum Gasteiger partial charge on any atom is -0.463 e. The summed E-state index contributed by atoms with van der Waals surface area (Å²) in [5, 5.41) is 9.39. The topological polar surface area (TPSA) is 105 Å². The monoisotopic (exact) mass is 385 g/mol. The summed E-state index contributed by atoms with van der Waals surface area (Å²) in [5.74, 6) is -0.724. The van der Waals surface area contributed by atoms with Crippen LogP contribution in [-0.2, 0) is 16.0 Å². The van der Waals surface area contributed by atoms with Gasteiger partial charge >= 0.3 is 5.97 Å². The number of fused-ring (bicyclic) bond motifs is 1. The molecule has 1 aliphatic rings. The van der Waals surface area contributed by atoms with E-state index < -0.39 is 17.4 Å². The van der Waals surface area contributed by atoms with E-state index in [4.69, 9.17) is 26.3 Å². The number of nitrogens with one attached hydrogen (secondary N) is 1. The average molecular weight is 386 g/mol. The van der Waals surface area contributed by atoms with Crippen molar-refractivity contribution in [3.63, 3.8) is 0 Å². The minimum absolute atomic E-state index is 0.0645. The third kappa shape index (κ3) is 3.57. The van der Waals surface area contributed by atoms with E-state index in [2.05, 4.69) is 9.97 Å². The van der Waals surface area contributed by atoms with Crippen LogP contribution in [0.2, 0.25) is 5.02 Å². The van der Waals surface area contributed by atoms with Crippen molar-refractivity contribution in [2.45, 2.75) is 26.2 Å². The van der Waals surface area contributed by atoms with Gasteiger partial charge < -0.3 is 14.5 Å². The van der Waals surface area contributed by atoms with Crippen molar-refractivity contribution in [3.8, 4) is 11.9 Å². The molecule has 1 unspecified atom stereocenters. The predicted molar refractivity (Wildman–Crippen MR) is 97.4 cm³/mol. The number of halogens is 1. The number of H-pyrrole nitrogens is 1. The van der Waals surface area contributed by atoms with Gasteiger partial charge in [0.15, 0.2) is 0 Å². The van der Waals surface area contributed by atoms with Gasteiger partial charge in [-0.3, -0.25) is 4.79 Å². The van der Waals surface area contributed by atoms with Crippen LogP contribution in [-0.4, -0.2) is 22.5 Å². The maximum absolute atomic E-state index is 12.8. The van der Waals surface area contributed by atoms with Gasteiger partial charge in [0.1, 0.15) is 11.6 Å². The number of hydrogen-bond acceptors (Lipinski definition) is 6. The number of allylic oxidation sites excluding steroid dienone is 1. The molecule has 0 radical (unpaired) electrons. The zero-order chi connectivity index (χ0) is 19.6. The van der Waals surface area contributed by atoms with Crippen LogP contribution >= 0.6 is 11.6 Å². The molecule has 1 atom stereocenters. The highest BCUT2D eigenvalue weighted by molar-refractivity contribution is 6.30. The number of ether oxygens (including phenoxy) is 2. The van der Waals surface area contributed by atoms with Gasteiger partial charge in [-0.25, -0.2) is 4.79 Å². The highest BCUT2D eigenvalue weighted by Gasteiger charge is 2.37. The Morgan fingerprint density at radius 1 is 1.41 bits per heavy atom. The van der Waals surface area contributed by atoms with Crippen LogP contribution in [0, 0.1) is 11.3 Å². The Bertz CT molecular complexity index is 1020. The molecule has 27 heavy (non-hydrogen) atoms. The van der Waals surface area contributed by atoms with E-state index in [9.17, 15) is 9.59 Å². The van der Waals surface area contributed by atoms with Gasteiger partial charge in [-0.05, 0) is 31.5 Å².